The van der Waals surface area contributed by atoms with E-state index in [0.717, 1.165) is 6.42 Å². The first kappa shape index (κ1) is 14.4. The molecule has 0 aliphatic carbocycles. The van der Waals surface area contributed by atoms with Crippen LogP contribution in [0.5, 0.6) is 0 Å². The molecule has 0 aliphatic rings. The summed E-state index contributed by atoms with van der Waals surface area (Å²) in [7, 11) is 0. The molecule has 0 fully saturated rings. The number of rotatable bonds is 6. The van der Waals surface area contributed by atoms with Crippen molar-refractivity contribution in [3.63, 3.8) is 0 Å². The van der Waals surface area contributed by atoms with Crippen molar-refractivity contribution in [2.45, 2.75) is 18.5 Å². The number of benzene rings is 1. The predicted molar refractivity (Wildman–Crippen MR) is 78.8 cm³/mol. The summed E-state index contributed by atoms with van der Waals surface area (Å²) in [4.78, 5) is 11.7. The van der Waals surface area contributed by atoms with E-state index in [1.807, 2.05) is 12.1 Å². The predicted octanol–water partition coefficient (Wildman–Crippen LogP) is 0.751. The van der Waals surface area contributed by atoms with Gasteiger partial charge in [-0.3, -0.25) is 4.79 Å². The molecule has 1 aromatic heterocycles. The maximum atomic E-state index is 11.7. The number of thioether (sulfide) groups is 1. The van der Waals surface area contributed by atoms with E-state index < -0.39 is 0 Å². The van der Waals surface area contributed by atoms with Crippen LogP contribution in [0.3, 0.4) is 0 Å². The van der Waals surface area contributed by atoms with Crippen LogP contribution in [0, 0.1) is 6.92 Å². The number of carbonyl (C=O) groups excluding carboxylic acids is 1. The topological polar surface area (TPSA) is 85.8 Å². The average molecular weight is 291 g/mol. The quantitative estimate of drug-likeness (QED) is 0.606. The highest BCUT2D eigenvalue weighted by atomic mass is 32.2. The van der Waals surface area contributed by atoms with Crippen LogP contribution in [0.15, 0.2) is 35.7 Å². The van der Waals surface area contributed by atoms with Crippen molar-refractivity contribution in [3.8, 4) is 0 Å². The van der Waals surface area contributed by atoms with Crippen molar-refractivity contribution in [2.75, 3.05) is 18.1 Å². The van der Waals surface area contributed by atoms with Gasteiger partial charge in [-0.15, -0.1) is 10.2 Å². The Balaban J connectivity index is 1.71. The molecule has 0 saturated carbocycles. The summed E-state index contributed by atoms with van der Waals surface area (Å²) < 4.78 is 1.30. The Morgan fingerprint density at radius 3 is 2.95 bits per heavy atom. The van der Waals surface area contributed by atoms with E-state index in [-0.39, 0.29) is 11.7 Å². The van der Waals surface area contributed by atoms with Gasteiger partial charge in [0.15, 0.2) is 0 Å². The Morgan fingerprint density at radius 1 is 1.45 bits per heavy atom. The third kappa shape index (κ3) is 3.99. The molecule has 0 radical (unpaired) electrons. The number of amides is 1. The first-order valence-corrected chi connectivity index (χ1v) is 7.24. The van der Waals surface area contributed by atoms with Gasteiger partial charge in [0.1, 0.15) is 6.33 Å². The van der Waals surface area contributed by atoms with Gasteiger partial charge in [-0.1, -0.05) is 36.0 Å². The lowest BCUT2D eigenvalue weighted by atomic mass is 10.1. The van der Waals surface area contributed by atoms with Gasteiger partial charge in [-0.25, -0.2) is 4.68 Å². The summed E-state index contributed by atoms with van der Waals surface area (Å²) >= 11 is 1.26. The lowest BCUT2D eigenvalue weighted by molar-refractivity contribution is -0.118. The third-order valence-electron chi connectivity index (χ3n) is 2.85. The molecule has 2 rings (SSSR count). The number of nitrogen functional groups attached to an aromatic ring is 1. The van der Waals surface area contributed by atoms with E-state index >= 15 is 0 Å². The van der Waals surface area contributed by atoms with E-state index in [0.29, 0.717) is 11.7 Å². The summed E-state index contributed by atoms with van der Waals surface area (Å²) in [6.07, 6.45) is 2.23. The molecule has 1 aromatic carbocycles. The van der Waals surface area contributed by atoms with Gasteiger partial charge in [0, 0.05) is 6.54 Å². The van der Waals surface area contributed by atoms with E-state index in [1.165, 1.54) is 33.9 Å². The second-order valence-electron chi connectivity index (χ2n) is 4.34. The summed E-state index contributed by atoms with van der Waals surface area (Å²) in [5.74, 6) is 5.80. The number of hydrogen-bond acceptors (Lipinski definition) is 5. The number of carbonyl (C=O) groups is 1. The molecule has 3 N–H and O–H groups in total. The zero-order chi connectivity index (χ0) is 14.4. The van der Waals surface area contributed by atoms with Crippen LogP contribution in [0.25, 0.3) is 0 Å². The van der Waals surface area contributed by atoms with Crippen LogP contribution in [0.2, 0.25) is 0 Å². The lowest BCUT2D eigenvalue weighted by Gasteiger charge is -2.07. The number of hydrogen-bond donors (Lipinski definition) is 2. The van der Waals surface area contributed by atoms with Crippen LogP contribution in [-0.2, 0) is 11.2 Å². The van der Waals surface area contributed by atoms with E-state index in [1.54, 1.807) is 0 Å². The molecular weight excluding hydrogens is 274 g/mol. The average Bonchev–Trinajstić information content (AvgIpc) is 2.84. The standard InChI is InChI=1S/C13H17N5OS/c1-10-4-2-3-5-11(10)6-7-15-12(19)8-20-13-17-16-9-18(13)14/h2-5,9H,6-8,14H2,1H3,(H,15,19). The fourth-order valence-corrected chi connectivity index (χ4v) is 2.41. The van der Waals surface area contributed by atoms with E-state index in [9.17, 15) is 4.79 Å². The number of nitrogens with two attached hydrogens (primary N) is 1. The molecule has 1 heterocycles. The van der Waals surface area contributed by atoms with Gasteiger partial charge in [0.25, 0.3) is 0 Å². The minimum atomic E-state index is -0.0356. The van der Waals surface area contributed by atoms with Crippen molar-refractivity contribution in [3.05, 3.63) is 41.7 Å². The van der Waals surface area contributed by atoms with Crippen LogP contribution in [-0.4, -0.2) is 33.1 Å². The normalized spacial score (nSPS) is 10.4. The summed E-state index contributed by atoms with van der Waals surface area (Å²) in [5, 5.41) is 10.9. The highest BCUT2D eigenvalue weighted by molar-refractivity contribution is 7.99. The van der Waals surface area contributed by atoms with Gasteiger partial charge >= 0.3 is 0 Å². The van der Waals surface area contributed by atoms with Crippen LogP contribution in [0.1, 0.15) is 11.1 Å². The monoisotopic (exact) mass is 291 g/mol. The van der Waals surface area contributed by atoms with Crippen LogP contribution >= 0.6 is 11.8 Å². The fraction of sp³-hybridized carbons (Fsp3) is 0.308. The van der Waals surface area contributed by atoms with Crippen molar-refractivity contribution >= 4 is 17.7 Å². The molecule has 0 saturated heterocycles. The number of aryl methyl sites for hydroxylation is 1. The molecule has 0 unspecified atom stereocenters. The van der Waals surface area contributed by atoms with Crippen LogP contribution < -0.4 is 11.2 Å². The maximum absolute atomic E-state index is 11.7. The molecule has 0 spiro atoms. The lowest BCUT2D eigenvalue weighted by Crippen LogP contribution is -2.27. The van der Waals surface area contributed by atoms with Gasteiger partial charge < -0.3 is 11.2 Å². The highest BCUT2D eigenvalue weighted by Crippen LogP contribution is 2.11. The number of nitrogens with one attached hydrogen (secondary N) is 1. The Morgan fingerprint density at radius 2 is 2.25 bits per heavy atom. The van der Waals surface area contributed by atoms with Crippen molar-refractivity contribution in [1.29, 1.82) is 0 Å². The molecule has 1 amide bonds. The molecule has 0 aliphatic heterocycles. The van der Waals surface area contributed by atoms with Crippen molar-refractivity contribution in [2.24, 2.45) is 0 Å². The second kappa shape index (κ2) is 6.95. The van der Waals surface area contributed by atoms with E-state index in [4.69, 9.17) is 5.84 Å². The largest absolute Gasteiger partial charge is 0.355 e. The summed E-state index contributed by atoms with van der Waals surface area (Å²) in [6.45, 7) is 2.70. The summed E-state index contributed by atoms with van der Waals surface area (Å²) in [6, 6.07) is 8.17. The summed E-state index contributed by atoms with van der Waals surface area (Å²) in [5.41, 5.74) is 2.49. The van der Waals surface area contributed by atoms with Crippen molar-refractivity contribution in [1.82, 2.24) is 20.2 Å². The maximum Gasteiger partial charge on any atom is 0.230 e. The highest BCUT2D eigenvalue weighted by Gasteiger charge is 2.07. The SMILES string of the molecule is Cc1ccccc1CCNC(=O)CSc1nncn1N. The number of aromatic nitrogens is 3. The van der Waals surface area contributed by atoms with Gasteiger partial charge in [0.2, 0.25) is 11.1 Å². The minimum Gasteiger partial charge on any atom is -0.355 e. The molecule has 7 heteroatoms. The van der Waals surface area contributed by atoms with Crippen molar-refractivity contribution < 1.29 is 4.79 Å². The Bertz CT molecular complexity index is 584. The van der Waals surface area contributed by atoms with Gasteiger partial charge in [-0.05, 0) is 24.5 Å². The molecule has 20 heavy (non-hydrogen) atoms. The molecule has 0 atom stereocenters. The molecule has 0 bridgehead atoms. The van der Waals surface area contributed by atoms with Gasteiger partial charge in [0.05, 0.1) is 5.75 Å². The first-order chi connectivity index (χ1) is 9.66. The van der Waals surface area contributed by atoms with Gasteiger partial charge in [-0.2, -0.15) is 0 Å². The Labute approximate surface area is 121 Å². The minimum absolute atomic E-state index is 0.0356. The molecular formula is C13H17N5OS. The zero-order valence-corrected chi connectivity index (χ0v) is 12.1. The molecule has 6 nitrogen and oxygen atoms in total. The second-order valence-corrected chi connectivity index (χ2v) is 5.28. The fourth-order valence-electron chi connectivity index (χ4n) is 1.74. The van der Waals surface area contributed by atoms with Crippen LogP contribution in [0.4, 0.5) is 0 Å². The molecule has 2 aromatic rings. The smallest absolute Gasteiger partial charge is 0.230 e. The van der Waals surface area contributed by atoms with E-state index in [2.05, 4.69) is 34.6 Å². The third-order valence-corrected chi connectivity index (χ3v) is 3.81. The number of nitrogens with zero attached hydrogens (tertiary/aromatic N) is 3. The first-order valence-electron chi connectivity index (χ1n) is 6.26. The zero-order valence-electron chi connectivity index (χ0n) is 11.2. The Kier molecular flexibility index (Phi) is 5.00. The molecule has 106 valence electrons. The Hall–Kier alpha value is -2.02.